The van der Waals surface area contributed by atoms with Crippen LogP contribution < -0.4 is 0 Å². The number of fused-ring (bicyclic) bond motifs is 1. The molecule has 4 rings (SSSR count). The molecule has 136 valence electrons. The smallest absolute Gasteiger partial charge is 0.265 e. The van der Waals surface area contributed by atoms with Crippen LogP contribution in [-0.2, 0) is 6.42 Å². The number of carbonyl (C=O) groups is 1. The molecule has 0 radical (unpaired) electrons. The van der Waals surface area contributed by atoms with Gasteiger partial charge in [0.05, 0.1) is 21.7 Å². The summed E-state index contributed by atoms with van der Waals surface area (Å²) in [5.74, 6) is 1.39. The maximum Gasteiger partial charge on any atom is 0.265 e. The van der Waals surface area contributed by atoms with E-state index in [0.717, 1.165) is 64.8 Å². The monoisotopic (exact) mass is 368 g/mol. The number of aromatic nitrogens is 3. The van der Waals surface area contributed by atoms with E-state index < -0.39 is 0 Å². The predicted octanol–water partition coefficient (Wildman–Crippen LogP) is 4.22. The Morgan fingerprint density at radius 1 is 1.35 bits per heavy atom. The maximum atomic E-state index is 13.1. The van der Waals surface area contributed by atoms with Crippen molar-refractivity contribution in [3.8, 4) is 0 Å². The number of piperidine rings is 1. The van der Waals surface area contributed by atoms with Crippen molar-refractivity contribution in [2.75, 3.05) is 13.1 Å². The Morgan fingerprint density at radius 2 is 2.19 bits per heavy atom. The third-order valence-corrected chi connectivity index (χ3v) is 6.16. The van der Waals surface area contributed by atoms with Crippen molar-refractivity contribution in [2.45, 2.75) is 46.0 Å². The number of nitrogens with zero attached hydrogens (tertiary/aromatic N) is 3. The van der Waals surface area contributed by atoms with Crippen LogP contribution in [0.15, 0.2) is 18.2 Å². The largest absolute Gasteiger partial charge is 0.342 e. The molecule has 0 spiro atoms. The average molecular weight is 369 g/mol. The lowest BCUT2D eigenvalue weighted by molar-refractivity contribution is 0.0708. The van der Waals surface area contributed by atoms with Crippen LogP contribution in [0.5, 0.6) is 0 Å². The van der Waals surface area contributed by atoms with Gasteiger partial charge >= 0.3 is 0 Å². The molecule has 1 aliphatic heterocycles. The van der Waals surface area contributed by atoms with E-state index in [1.807, 2.05) is 11.8 Å². The van der Waals surface area contributed by atoms with Crippen molar-refractivity contribution in [3.05, 3.63) is 45.2 Å². The van der Waals surface area contributed by atoms with Gasteiger partial charge in [0.1, 0.15) is 10.7 Å². The second kappa shape index (κ2) is 6.83. The Bertz CT molecular complexity index is 958. The number of benzene rings is 1. The number of rotatable bonds is 3. The van der Waals surface area contributed by atoms with E-state index in [1.54, 1.807) is 0 Å². The highest BCUT2D eigenvalue weighted by atomic mass is 32.1. The number of hydrogen-bond acceptors (Lipinski definition) is 4. The molecule has 3 aromatic rings. The number of para-hydroxylation sites is 1. The van der Waals surface area contributed by atoms with Crippen LogP contribution in [0.3, 0.4) is 0 Å². The first-order chi connectivity index (χ1) is 12.6. The molecule has 0 aliphatic carbocycles. The number of thiazole rings is 1. The second-order valence-electron chi connectivity index (χ2n) is 7.05. The van der Waals surface area contributed by atoms with Crippen molar-refractivity contribution < 1.29 is 4.79 Å². The highest BCUT2D eigenvalue weighted by Crippen LogP contribution is 2.30. The summed E-state index contributed by atoms with van der Waals surface area (Å²) in [7, 11) is 0. The lowest BCUT2D eigenvalue weighted by atomic mass is 9.97. The summed E-state index contributed by atoms with van der Waals surface area (Å²) in [4.78, 5) is 28.7. The van der Waals surface area contributed by atoms with Gasteiger partial charge in [-0.2, -0.15) is 0 Å². The summed E-state index contributed by atoms with van der Waals surface area (Å²) in [5.41, 5.74) is 4.23. The molecule has 2 aromatic heterocycles. The number of hydrogen-bond donors (Lipinski definition) is 1. The molecule has 0 unspecified atom stereocenters. The fraction of sp³-hybridized carbons (Fsp3) is 0.450. The van der Waals surface area contributed by atoms with Gasteiger partial charge in [-0.25, -0.2) is 9.97 Å². The Morgan fingerprint density at radius 3 is 2.96 bits per heavy atom. The van der Waals surface area contributed by atoms with E-state index in [9.17, 15) is 4.79 Å². The SMILES string of the molecule is CCc1nc(C)sc1C(=O)N1CCC[C@@H](c2nc3c(C)cccc3[nH]2)C1. The molecule has 3 heterocycles. The number of aryl methyl sites for hydroxylation is 3. The van der Waals surface area contributed by atoms with Gasteiger partial charge in [-0.15, -0.1) is 11.3 Å². The normalized spacial score (nSPS) is 17.8. The van der Waals surface area contributed by atoms with Gasteiger partial charge in [-0.3, -0.25) is 4.79 Å². The summed E-state index contributed by atoms with van der Waals surface area (Å²) in [6, 6.07) is 6.20. The van der Waals surface area contributed by atoms with Crippen LogP contribution in [0, 0.1) is 13.8 Å². The summed E-state index contributed by atoms with van der Waals surface area (Å²) in [5, 5.41) is 0.964. The third-order valence-electron chi connectivity index (χ3n) is 5.16. The molecule has 1 saturated heterocycles. The molecule has 1 fully saturated rings. The van der Waals surface area contributed by atoms with Crippen molar-refractivity contribution in [1.29, 1.82) is 0 Å². The number of H-pyrrole nitrogens is 1. The highest BCUT2D eigenvalue weighted by molar-refractivity contribution is 7.13. The van der Waals surface area contributed by atoms with Crippen LogP contribution in [-0.4, -0.2) is 38.8 Å². The molecule has 26 heavy (non-hydrogen) atoms. The first-order valence-corrected chi connectivity index (χ1v) is 10.1. The Hall–Kier alpha value is -2.21. The summed E-state index contributed by atoms with van der Waals surface area (Å²) < 4.78 is 0. The second-order valence-corrected chi connectivity index (χ2v) is 8.25. The number of nitrogens with one attached hydrogen (secondary N) is 1. The molecule has 6 heteroatoms. The van der Waals surface area contributed by atoms with Gasteiger partial charge in [-0.05, 0) is 44.7 Å². The number of carbonyl (C=O) groups excluding carboxylic acids is 1. The van der Waals surface area contributed by atoms with Crippen molar-refractivity contribution in [3.63, 3.8) is 0 Å². The standard InChI is InChI=1S/C20H24N4OS/c1-4-15-18(26-13(3)21-15)20(25)24-10-6-8-14(11-24)19-22-16-9-5-7-12(2)17(16)23-19/h5,7,9,14H,4,6,8,10-11H2,1-3H3,(H,22,23)/t14-/m1/s1. The Kier molecular flexibility index (Phi) is 4.53. The zero-order chi connectivity index (χ0) is 18.3. The zero-order valence-corrected chi connectivity index (χ0v) is 16.3. The molecule has 0 saturated carbocycles. The van der Waals surface area contributed by atoms with E-state index in [0.29, 0.717) is 0 Å². The van der Waals surface area contributed by atoms with E-state index in [1.165, 1.54) is 16.9 Å². The molecule has 1 amide bonds. The molecule has 1 aliphatic rings. The van der Waals surface area contributed by atoms with Gasteiger partial charge in [-0.1, -0.05) is 19.1 Å². The number of imidazole rings is 1. The van der Waals surface area contributed by atoms with Crippen molar-refractivity contribution in [1.82, 2.24) is 19.9 Å². The van der Waals surface area contributed by atoms with Crippen LogP contribution >= 0.6 is 11.3 Å². The molecule has 0 bridgehead atoms. The molecule has 5 nitrogen and oxygen atoms in total. The molecular formula is C20H24N4OS. The number of likely N-dealkylation sites (tertiary alicyclic amines) is 1. The van der Waals surface area contributed by atoms with Crippen molar-refractivity contribution in [2.24, 2.45) is 0 Å². The van der Waals surface area contributed by atoms with Crippen LogP contribution in [0.4, 0.5) is 0 Å². The lowest BCUT2D eigenvalue weighted by Crippen LogP contribution is -2.39. The minimum atomic E-state index is 0.129. The van der Waals surface area contributed by atoms with E-state index in [-0.39, 0.29) is 11.8 Å². The number of amides is 1. The van der Waals surface area contributed by atoms with Gasteiger partial charge in [0.15, 0.2) is 0 Å². The van der Waals surface area contributed by atoms with Gasteiger partial charge in [0, 0.05) is 19.0 Å². The zero-order valence-electron chi connectivity index (χ0n) is 15.5. The predicted molar refractivity (Wildman–Crippen MR) is 105 cm³/mol. The molecule has 1 atom stereocenters. The fourth-order valence-corrected chi connectivity index (χ4v) is 4.77. The Balaban J connectivity index is 1.58. The summed E-state index contributed by atoms with van der Waals surface area (Å²) in [6.45, 7) is 7.64. The molecular weight excluding hydrogens is 344 g/mol. The number of aromatic amines is 1. The average Bonchev–Trinajstić information content (AvgIpc) is 3.25. The van der Waals surface area contributed by atoms with Gasteiger partial charge < -0.3 is 9.88 Å². The first-order valence-electron chi connectivity index (χ1n) is 9.27. The van der Waals surface area contributed by atoms with Crippen LogP contribution in [0.1, 0.15) is 57.4 Å². The van der Waals surface area contributed by atoms with Gasteiger partial charge in [0.2, 0.25) is 0 Å². The van der Waals surface area contributed by atoms with Crippen LogP contribution in [0.25, 0.3) is 11.0 Å². The summed E-state index contributed by atoms with van der Waals surface area (Å²) >= 11 is 1.52. The van der Waals surface area contributed by atoms with E-state index in [2.05, 4.69) is 42.0 Å². The highest BCUT2D eigenvalue weighted by Gasteiger charge is 2.29. The maximum absolute atomic E-state index is 13.1. The quantitative estimate of drug-likeness (QED) is 0.753. The molecule has 1 N–H and O–H groups in total. The Labute approximate surface area is 157 Å². The van der Waals surface area contributed by atoms with E-state index in [4.69, 9.17) is 4.98 Å². The minimum Gasteiger partial charge on any atom is -0.342 e. The molecule has 1 aromatic carbocycles. The lowest BCUT2D eigenvalue weighted by Gasteiger charge is -2.31. The van der Waals surface area contributed by atoms with Crippen LogP contribution in [0.2, 0.25) is 0 Å². The topological polar surface area (TPSA) is 61.9 Å². The minimum absolute atomic E-state index is 0.129. The third kappa shape index (κ3) is 3.03. The van der Waals surface area contributed by atoms with Crippen molar-refractivity contribution >= 4 is 28.3 Å². The summed E-state index contributed by atoms with van der Waals surface area (Å²) in [6.07, 6.45) is 2.86. The fourth-order valence-electron chi connectivity index (χ4n) is 3.79. The van der Waals surface area contributed by atoms with E-state index >= 15 is 0 Å². The van der Waals surface area contributed by atoms with Gasteiger partial charge in [0.25, 0.3) is 5.91 Å². The first kappa shape index (κ1) is 17.2.